The van der Waals surface area contributed by atoms with Crippen LogP contribution in [0.15, 0.2) is 24.3 Å². The Morgan fingerprint density at radius 2 is 1.74 bits per heavy atom. The van der Waals surface area contributed by atoms with E-state index in [0.717, 1.165) is 31.7 Å². The van der Waals surface area contributed by atoms with E-state index in [4.69, 9.17) is 10.5 Å². The van der Waals surface area contributed by atoms with E-state index in [1.165, 1.54) is 7.11 Å². The SMILES string of the molecule is COC(CN)CC(=O)Nc1ccc(CC(=O)N2CCN(C)CC2)cc1.Cl.Cl. The van der Waals surface area contributed by atoms with E-state index in [1.807, 2.05) is 29.2 Å². The lowest BCUT2D eigenvalue weighted by atomic mass is 10.1. The molecule has 1 aromatic carbocycles. The van der Waals surface area contributed by atoms with Crippen LogP contribution in [0.4, 0.5) is 5.69 Å². The highest BCUT2D eigenvalue weighted by molar-refractivity contribution is 5.91. The predicted molar refractivity (Wildman–Crippen MR) is 112 cm³/mol. The molecular formula is C18H30Cl2N4O3. The Kier molecular flexibility index (Phi) is 12.2. The van der Waals surface area contributed by atoms with Crippen LogP contribution in [0.2, 0.25) is 0 Å². The fourth-order valence-electron chi connectivity index (χ4n) is 2.73. The molecule has 0 saturated carbocycles. The fraction of sp³-hybridized carbons (Fsp3) is 0.556. The largest absolute Gasteiger partial charge is 0.380 e. The molecule has 0 aliphatic carbocycles. The maximum Gasteiger partial charge on any atom is 0.227 e. The molecule has 0 radical (unpaired) electrons. The first kappa shape index (κ1) is 25.6. The normalized spacial score (nSPS) is 15.3. The lowest BCUT2D eigenvalue weighted by Gasteiger charge is -2.32. The number of likely N-dealkylation sites (N-methyl/N-ethyl adjacent to an activating group) is 1. The van der Waals surface area contributed by atoms with Gasteiger partial charge in [-0.2, -0.15) is 0 Å². The maximum atomic E-state index is 12.3. The van der Waals surface area contributed by atoms with Gasteiger partial charge in [-0.25, -0.2) is 0 Å². The number of anilines is 1. The van der Waals surface area contributed by atoms with Crippen LogP contribution in [-0.2, 0) is 20.7 Å². The summed E-state index contributed by atoms with van der Waals surface area (Å²) >= 11 is 0. The van der Waals surface area contributed by atoms with Gasteiger partial charge in [0.05, 0.1) is 18.9 Å². The number of nitrogens with zero attached hydrogens (tertiary/aromatic N) is 2. The number of carbonyl (C=O) groups is 2. The highest BCUT2D eigenvalue weighted by Gasteiger charge is 2.19. The summed E-state index contributed by atoms with van der Waals surface area (Å²) in [7, 11) is 3.61. The van der Waals surface area contributed by atoms with E-state index in [0.29, 0.717) is 18.7 Å². The molecule has 1 aliphatic rings. The van der Waals surface area contributed by atoms with Crippen LogP contribution in [0.1, 0.15) is 12.0 Å². The number of benzene rings is 1. The number of rotatable bonds is 7. The number of hydrogen-bond donors (Lipinski definition) is 2. The third kappa shape index (κ3) is 8.45. The monoisotopic (exact) mass is 420 g/mol. The first-order valence-corrected chi connectivity index (χ1v) is 8.59. The smallest absolute Gasteiger partial charge is 0.227 e. The molecule has 0 spiro atoms. The van der Waals surface area contributed by atoms with Crippen LogP contribution >= 0.6 is 24.8 Å². The number of nitrogens with one attached hydrogen (secondary N) is 1. The summed E-state index contributed by atoms with van der Waals surface area (Å²) in [6.07, 6.45) is 0.327. The molecule has 1 fully saturated rings. The van der Waals surface area contributed by atoms with Crippen LogP contribution in [0.5, 0.6) is 0 Å². The molecule has 27 heavy (non-hydrogen) atoms. The third-order valence-corrected chi connectivity index (χ3v) is 4.46. The van der Waals surface area contributed by atoms with Gasteiger partial charge in [0.2, 0.25) is 11.8 Å². The summed E-state index contributed by atoms with van der Waals surface area (Å²) in [5, 5.41) is 2.81. The van der Waals surface area contributed by atoms with E-state index < -0.39 is 0 Å². The molecule has 0 aromatic heterocycles. The molecule has 2 rings (SSSR count). The van der Waals surface area contributed by atoms with Gasteiger partial charge >= 0.3 is 0 Å². The van der Waals surface area contributed by atoms with E-state index in [2.05, 4.69) is 17.3 Å². The van der Waals surface area contributed by atoms with Crippen molar-refractivity contribution >= 4 is 42.3 Å². The summed E-state index contributed by atoms with van der Waals surface area (Å²) < 4.78 is 5.10. The molecule has 1 atom stereocenters. The number of halogens is 2. The third-order valence-electron chi connectivity index (χ3n) is 4.46. The minimum atomic E-state index is -0.277. The average molecular weight is 421 g/mol. The summed E-state index contributed by atoms with van der Waals surface area (Å²) in [5.74, 6) is 0.00864. The quantitative estimate of drug-likeness (QED) is 0.690. The molecule has 1 unspecified atom stereocenters. The minimum absolute atomic E-state index is 0. The lowest BCUT2D eigenvalue weighted by molar-refractivity contribution is -0.132. The molecule has 1 heterocycles. The number of amides is 2. The second-order valence-corrected chi connectivity index (χ2v) is 6.40. The first-order valence-electron chi connectivity index (χ1n) is 8.59. The van der Waals surface area contributed by atoms with Gasteiger partial charge in [0.1, 0.15) is 0 Å². The highest BCUT2D eigenvalue weighted by atomic mass is 35.5. The number of hydrogen-bond acceptors (Lipinski definition) is 5. The zero-order valence-electron chi connectivity index (χ0n) is 15.8. The standard InChI is InChI=1S/C18H28N4O3.2ClH/c1-21-7-9-22(10-8-21)18(24)11-14-3-5-15(6-4-14)20-17(23)12-16(13-19)25-2;;/h3-6,16H,7-13,19H2,1-2H3,(H,20,23);2*1H. The number of nitrogens with two attached hydrogens (primary N) is 1. The number of carbonyl (C=O) groups excluding carboxylic acids is 2. The molecule has 7 nitrogen and oxygen atoms in total. The summed E-state index contributed by atoms with van der Waals surface area (Å²) in [6, 6.07) is 7.38. The molecular weight excluding hydrogens is 391 g/mol. The Morgan fingerprint density at radius 3 is 2.26 bits per heavy atom. The Bertz CT molecular complexity index is 574. The highest BCUT2D eigenvalue weighted by Crippen LogP contribution is 2.12. The van der Waals surface area contributed by atoms with Gasteiger partial charge in [-0.3, -0.25) is 9.59 Å². The van der Waals surface area contributed by atoms with Crippen molar-refractivity contribution in [3.8, 4) is 0 Å². The van der Waals surface area contributed by atoms with Crippen LogP contribution in [0, 0.1) is 0 Å². The molecule has 2 amide bonds. The van der Waals surface area contributed by atoms with Crippen molar-refractivity contribution in [2.24, 2.45) is 5.73 Å². The van der Waals surface area contributed by atoms with E-state index >= 15 is 0 Å². The number of methoxy groups -OCH3 is 1. The van der Waals surface area contributed by atoms with Gasteiger partial charge < -0.3 is 25.6 Å². The fourth-order valence-corrected chi connectivity index (χ4v) is 2.73. The zero-order valence-corrected chi connectivity index (χ0v) is 17.5. The van der Waals surface area contributed by atoms with Gasteiger partial charge in [-0.05, 0) is 24.7 Å². The Hall–Kier alpha value is -1.38. The summed E-state index contributed by atoms with van der Waals surface area (Å²) in [5.41, 5.74) is 7.16. The van der Waals surface area contributed by atoms with E-state index in [9.17, 15) is 9.59 Å². The topological polar surface area (TPSA) is 87.9 Å². The molecule has 154 valence electrons. The summed E-state index contributed by atoms with van der Waals surface area (Å²) in [4.78, 5) is 28.4. The predicted octanol–water partition coefficient (Wildman–Crippen LogP) is 1.15. The molecule has 1 saturated heterocycles. The van der Waals surface area contributed by atoms with Gasteiger partial charge in [0, 0.05) is 45.5 Å². The van der Waals surface area contributed by atoms with Crippen molar-refractivity contribution in [1.29, 1.82) is 0 Å². The van der Waals surface area contributed by atoms with Crippen molar-refractivity contribution in [3.63, 3.8) is 0 Å². The van der Waals surface area contributed by atoms with Crippen LogP contribution in [0.3, 0.4) is 0 Å². The average Bonchev–Trinajstić information content (AvgIpc) is 2.61. The second-order valence-electron chi connectivity index (χ2n) is 6.40. The lowest BCUT2D eigenvalue weighted by Crippen LogP contribution is -2.47. The van der Waals surface area contributed by atoms with Gasteiger partial charge in [0.25, 0.3) is 0 Å². The van der Waals surface area contributed by atoms with Crippen LogP contribution in [-0.4, -0.2) is 74.6 Å². The minimum Gasteiger partial charge on any atom is -0.380 e. The van der Waals surface area contributed by atoms with Crippen molar-refractivity contribution in [3.05, 3.63) is 29.8 Å². The number of ether oxygens (including phenoxy) is 1. The number of piperazine rings is 1. The zero-order chi connectivity index (χ0) is 18.2. The molecule has 9 heteroatoms. The van der Waals surface area contributed by atoms with E-state index in [1.54, 1.807) is 0 Å². The van der Waals surface area contributed by atoms with Gasteiger partial charge in [-0.1, -0.05) is 12.1 Å². The Labute approximate surface area is 173 Å². The molecule has 0 bridgehead atoms. The van der Waals surface area contributed by atoms with Crippen molar-refractivity contribution in [2.75, 3.05) is 52.2 Å². The first-order chi connectivity index (χ1) is 12.0. The second kappa shape index (κ2) is 12.9. The van der Waals surface area contributed by atoms with Crippen LogP contribution < -0.4 is 11.1 Å². The molecule has 3 N–H and O–H groups in total. The van der Waals surface area contributed by atoms with Gasteiger partial charge in [0.15, 0.2) is 0 Å². The molecule has 1 aliphatic heterocycles. The summed E-state index contributed by atoms with van der Waals surface area (Å²) in [6.45, 7) is 3.71. The molecule has 1 aromatic rings. The maximum absolute atomic E-state index is 12.3. The van der Waals surface area contributed by atoms with Crippen molar-refractivity contribution in [1.82, 2.24) is 9.80 Å². The van der Waals surface area contributed by atoms with Crippen LogP contribution in [0.25, 0.3) is 0 Å². The Morgan fingerprint density at radius 1 is 1.15 bits per heavy atom. The van der Waals surface area contributed by atoms with E-state index in [-0.39, 0.29) is 49.2 Å². The van der Waals surface area contributed by atoms with Crippen molar-refractivity contribution < 1.29 is 14.3 Å². The van der Waals surface area contributed by atoms with Crippen molar-refractivity contribution in [2.45, 2.75) is 18.9 Å². The van der Waals surface area contributed by atoms with Gasteiger partial charge in [-0.15, -0.1) is 24.8 Å². The Balaban J connectivity index is 0.00000338.